The molecule has 0 spiro atoms. The van der Waals surface area contributed by atoms with E-state index in [1.54, 1.807) is 6.92 Å². The third-order valence-electron chi connectivity index (χ3n) is 3.71. The molecule has 25 heavy (non-hydrogen) atoms. The van der Waals surface area contributed by atoms with Gasteiger partial charge in [-0.15, -0.1) is 5.10 Å². The lowest BCUT2D eigenvalue weighted by Crippen LogP contribution is -2.50. The minimum Gasteiger partial charge on any atom is -0.461 e. The fraction of sp³-hybridized carbons (Fsp3) is 0.357. The maximum atomic E-state index is 13.7. The minimum atomic E-state index is -4.07. The summed E-state index contributed by atoms with van der Waals surface area (Å²) in [5.41, 5.74) is 0.0211. The Morgan fingerprint density at radius 1 is 1.36 bits per heavy atom. The molecule has 0 bridgehead atoms. The van der Waals surface area contributed by atoms with Crippen LogP contribution in [0.4, 0.5) is 8.78 Å². The van der Waals surface area contributed by atoms with Crippen molar-refractivity contribution in [3.05, 3.63) is 41.7 Å². The minimum absolute atomic E-state index is 0.0211. The summed E-state index contributed by atoms with van der Waals surface area (Å²) in [6, 6.07) is 1.96. The van der Waals surface area contributed by atoms with Crippen molar-refractivity contribution < 1.29 is 26.7 Å². The second-order valence-electron chi connectivity index (χ2n) is 5.35. The highest BCUT2D eigenvalue weighted by atomic mass is 32.2. The predicted molar refractivity (Wildman–Crippen MR) is 80.1 cm³/mol. The van der Waals surface area contributed by atoms with Crippen LogP contribution < -0.4 is 0 Å². The van der Waals surface area contributed by atoms with E-state index in [4.69, 9.17) is 4.74 Å². The Morgan fingerprint density at radius 3 is 2.72 bits per heavy atom. The van der Waals surface area contributed by atoms with Gasteiger partial charge in [-0.05, 0) is 19.1 Å². The van der Waals surface area contributed by atoms with E-state index in [0.717, 1.165) is 16.4 Å². The van der Waals surface area contributed by atoms with E-state index in [1.807, 2.05) is 0 Å². The van der Waals surface area contributed by atoms with Gasteiger partial charge in [0.15, 0.2) is 5.69 Å². The molecule has 2 aromatic rings. The molecule has 0 unspecified atom stereocenters. The maximum absolute atomic E-state index is 13.7. The summed E-state index contributed by atoms with van der Waals surface area (Å²) in [5.74, 6) is -2.62. The average Bonchev–Trinajstić information content (AvgIpc) is 2.94. The third kappa shape index (κ3) is 3.24. The van der Waals surface area contributed by atoms with Crippen LogP contribution in [0.5, 0.6) is 0 Å². The molecule has 3 rings (SSSR count). The Balaban J connectivity index is 1.70. The first-order valence-corrected chi connectivity index (χ1v) is 8.81. The van der Waals surface area contributed by atoms with Crippen molar-refractivity contribution in [2.24, 2.45) is 0 Å². The van der Waals surface area contributed by atoms with Gasteiger partial charge in [0.25, 0.3) is 0 Å². The first kappa shape index (κ1) is 17.4. The Labute approximate surface area is 142 Å². The quantitative estimate of drug-likeness (QED) is 0.726. The number of rotatable bonds is 5. The van der Waals surface area contributed by atoms with Crippen LogP contribution in [0.2, 0.25) is 0 Å². The summed E-state index contributed by atoms with van der Waals surface area (Å²) in [6.07, 6.45) is 1.37. The number of hydrogen-bond acceptors (Lipinski definition) is 6. The molecular weight excluding hydrogens is 358 g/mol. The van der Waals surface area contributed by atoms with E-state index in [1.165, 1.54) is 10.9 Å². The number of halogens is 2. The number of carbonyl (C=O) groups is 1. The molecule has 0 saturated carbocycles. The smallest absolute Gasteiger partial charge is 0.360 e. The largest absolute Gasteiger partial charge is 0.461 e. The van der Waals surface area contributed by atoms with Gasteiger partial charge >= 0.3 is 5.97 Å². The summed E-state index contributed by atoms with van der Waals surface area (Å²) in [6.45, 7) is 1.92. The molecule has 0 atom stereocenters. The van der Waals surface area contributed by atoms with Crippen LogP contribution in [-0.4, -0.2) is 53.4 Å². The molecule has 1 aliphatic rings. The van der Waals surface area contributed by atoms with Crippen molar-refractivity contribution in [2.75, 3.05) is 19.7 Å². The number of hydrogen-bond donors (Lipinski definition) is 0. The van der Waals surface area contributed by atoms with Crippen LogP contribution in [-0.2, 0) is 14.8 Å². The Hall–Kier alpha value is -2.40. The molecule has 0 aliphatic carbocycles. The molecule has 11 heteroatoms. The molecule has 0 amide bonds. The van der Waals surface area contributed by atoms with E-state index >= 15 is 0 Å². The molecule has 1 fully saturated rings. The highest BCUT2D eigenvalue weighted by Crippen LogP contribution is 2.29. The van der Waals surface area contributed by atoms with Crippen LogP contribution in [0.1, 0.15) is 23.5 Å². The zero-order valence-electron chi connectivity index (χ0n) is 13.1. The van der Waals surface area contributed by atoms with Crippen LogP contribution in [0, 0.1) is 11.6 Å². The van der Waals surface area contributed by atoms with E-state index < -0.39 is 32.5 Å². The second kappa shape index (κ2) is 6.48. The average molecular weight is 372 g/mol. The SMILES string of the molecule is CCOC(=O)c1cn(C2CN(S(=O)(=O)c3ccc(F)cc3F)C2)nn1. The monoisotopic (exact) mass is 372 g/mol. The number of sulfonamides is 1. The van der Waals surface area contributed by atoms with Crippen LogP contribution in [0.15, 0.2) is 29.3 Å². The van der Waals surface area contributed by atoms with Crippen molar-refractivity contribution in [3.8, 4) is 0 Å². The van der Waals surface area contributed by atoms with Gasteiger partial charge in [-0.25, -0.2) is 26.7 Å². The molecule has 2 heterocycles. The first-order chi connectivity index (χ1) is 11.8. The van der Waals surface area contributed by atoms with Crippen molar-refractivity contribution in [1.82, 2.24) is 19.3 Å². The van der Waals surface area contributed by atoms with Crippen LogP contribution in [0.3, 0.4) is 0 Å². The van der Waals surface area contributed by atoms with Gasteiger partial charge in [-0.2, -0.15) is 4.31 Å². The molecule has 0 N–H and O–H groups in total. The summed E-state index contributed by atoms with van der Waals surface area (Å²) in [5, 5.41) is 7.46. The number of aromatic nitrogens is 3. The first-order valence-electron chi connectivity index (χ1n) is 7.37. The van der Waals surface area contributed by atoms with Gasteiger partial charge in [-0.1, -0.05) is 5.21 Å². The fourth-order valence-electron chi connectivity index (χ4n) is 2.36. The van der Waals surface area contributed by atoms with Gasteiger partial charge in [-0.3, -0.25) is 0 Å². The number of benzene rings is 1. The Bertz CT molecular complexity index is 909. The molecular formula is C14H14F2N4O4S. The highest BCUT2D eigenvalue weighted by molar-refractivity contribution is 7.89. The fourth-order valence-corrected chi connectivity index (χ4v) is 3.92. The molecule has 1 saturated heterocycles. The predicted octanol–water partition coefficient (Wildman–Crippen LogP) is 0.979. The van der Waals surface area contributed by atoms with Gasteiger partial charge in [0.1, 0.15) is 16.5 Å². The Morgan fingerprint density at radius 2 is 2.08 bits per heavy atom. The maximum Gasteiger partial charge on any atom is 0.360 e. The number of esters is 1. The van der Waals surface area contributed by atoms with Gasteiger partial charge in [0.05, 0.1) is 18.8 Å². The lowest BCUT2D eigenvalue weighted by molar-refractivity contribution is 0.0519. The standard InChI is InChI=1S/C14H14F2N4O4S/c1-2-24-14(21)12-8-20(18-17-12)10-6-19(7-10)25(22,23)13-4-3-9(15)5-11(13)16/h3-5,8,10H,2,6-7H2,1H3. The normalized spacial score (nSPS) is 15.8. The van der Waals surface area contributed by atoms with E-state index in [9.17, 15) is 22.0 Å². The zero-order chi connectivity index (χ0) is 18.2. The lowest BCUT2D eigenvalue weighted by atomic mass is 10.2. The molecule has 0 radical (unpaired) electrons. The van der Waals surface area contributed by atoms with Gasteiger partial charge in [0, 0.05) is 19.2 Å². The molecule has 8 nitrogen and oxygen atoms in total. The lowest BCUT2D eigenvalue weighted by Gasteiger charge is -2.37. The summed E-state index contributed by atoms with van der Waals surface area (Å²) < 4.78 is 58.6. The molecule has 1 aliphatic heterocycles. The van der Waals surface area contributed by atoms with Crippen LogP contribution in [0.25, 0.3) is 0 Å². The van der Waals surface area contributed by atoms with Gasteiger partial charge < -0.3 is 4.74 Å². The Kier molecular flexibility index (Phi) is 4.52. The molecule has 134 valence electrons. The topological polar surface area (TPSA) is 94.4 Å². The van der Waals surface area contributed by atoms with Crippen molar-refractivity contribution >= 4 is 16.0 Å². The van der Waals surface area contributed by atoms with Crippen molar-refractivity contribution in [2.45, 2.75) is 17.9 Å². The number of nitrogens with zero attached hydrogens (tertiary/aromatic N) is 4. The van der Waals surface area contributed by atoms with Crippen molar-refractivity contribution in [3.63, 3.8) is 0 Å². The van der Waals surface area contributed by atoms with Crippen molar-refractivity contribution in [1.29, 1.82) is 0 Å². The van der Waals surface area contributed by atoms with E-state index in [-0.39, 0.29) is 31.4 Å². The number of ether oxygens (including phenoxy) is 1. The second-order valence-corrected chi connectivity index (χ2v) is 7.26. The van der Waals surface area contributed by atoms with E-state index in [2.05, 4.69) is 10.3 Å². The van der Waals surface area contributed by atoms with Crippen LogP contribution >= 0.6 is 0 Å². The number of carbonyl (C=O) groups excluding carboxylic acids is 1. The summed E-state index contributed by atoms with van der Waals surface area (Å²) in [4.78, 5) is 11.0. The summed E-state index contributed by atoms with van der Waals surface area (Å²) >= 11 is 0. The van der Waals surface area contributed by atoms with E-state index in [0.29, 0.717) is 6.07 Å². The zero-order valence-corrected chi connectivity index (χ0v) is 13.9. The van der Waals surface area contributed by atoms with Gasteiger partial charge in [0.2, 0.25) is 10.0 Å². The highest BCUT2D eigenvalue weighted by Gasteiger charge is 2.39. The molecule has 1 aromatic heterocycles. The molecule has 1 aromatic carbocycles. The third-order valence-corrected chi connectivity index (χ3v) is 5.57. The summed E-state index contributed by atoms with van der Waals surface area (Å²) in [7, 11) is -4.07.